The standard InChI is InChI=1S/C20H23ClN2O3S/c1-15-9-10-17(21)14-19(15)22-20(24)16-7-6-8-18(13-16)27(25,26)23-11-4-2-3-5-12-23/h6-10,13-14H,2-5,11-12H2,1H3,(H,22,24). The largest absolute Gasteiger partial charge is 0.322 e. The van der Waals surface area contributed by atoms with Crippen molar-refractivity contribution in [3.8, 4) is 0 Å². The van der Waals surface area contributed by atoms with Gasteiger partial charge in [0.15, 0.2) is 0 Å². The Bertz CT molecular complexity index is 936. The Morgan fingerprint density at radius 1 is 1.04 bits per heavy atom. The third kappa shape index (κ3) is 4.69. The molecule has 0 bridgehead atoms. The minimum Gasteiger partial charge on any atom is -0.322 e. The van der Waals surface area contributed by atoms with Crippen LogP contribution in [-0.4, -0.2) is 31.7 Å². The maximum atomic E-state index is 12.9. The molecule has 7 heteroatoms. The average Bonchev–Trinajstić information content (AvgIpc) is 2.95. The number of halogens is 1. The molecule has 3 rings (SSSR count). The molecule has 2 aromatic rings. The van der Waals surface area contributed by atoms with E-state index in [9.17, 15) is 13.2 Å². The van der Waals surface area contributed by atoms with Crippen LogP contribution < -0.4 is 5.32 Å². The first kappa shape index (κ1) is 19.9. The molecule has 27 heavy (non-hydrogen) atoms. The number of aryl methyl sites for hydroxylation is 1. The molecule has 1 aliphatic heterocycles. The molecule has 144 valence electrons. The van der Waals surface area contributed by atoms with Crippen molar-refractivity contribution >= 4 is 33.2 Å². The predicted molar refractivity (Wildman–Crippen MR) is 108 cm³/mol. The Balaban J connectivity index is 1.84. The van der Waals surface area contributed by atoms with Crippen molar-refractivity contribution in [3.63, 3.8) is 0 Å². The molecule has 2 aromatic carbocycles. The van der Waals surface area contributed by atoms with Crippen molar-refractivity contribution in [1.82, 2.24) is 4.31 Å². The highest BCUT2D eigenvalue weighted by atomic mass is 35.5. The van der Waals surface area contributed by atoms with Gasteiger partial charge in [-0.2, -0.15) is 4.31 Å². The van der Waals surface area contributed by atoms with E-state index in [0.717, 1.165) is 31.2 Å². The lowest BCUT2D eigenvalue weighted by atomic mass is 10.1. The summed E-state index contributed by atoms with van der Waals surface area (Å²) in [5, 5.41) is 3.33. The van der Waals surface area contributed by atoms with Gasteiger partial charge in [0.05, 0.1) is 4.90 Å². The van der Waals surface area contributed by atoms with Crippen LogP contribution in [0.15, 0.2) is 47.4 Å². The van der Waals surface area contributed by atoms with Crippen molar-refractivity contribution < 1.29 is 13.2 Å². The zero-order valence-corrected chi connectivity index (χ0v) is 16.8. The van der Waals surface area contributed by atoms with E-state index in [1.54, 1.807) is 30.3 Å². The van der Waals surface area contributed by atoms with E-state index >= 15 is 0 Å². The summed E-state index contributed by atoms with van der Waals surface area (Å²) in [6.45, 7) is 2.92. The highest BCUT2D eigenvalue weighted by Crippen LogP contribution is 2.23. The summed E-state index contributed by atoms with van der Waals surface area (Å²) in [6, 6.07) is 11.4. The fourth-order valence-corrected chi connectivity index (χ4v) is 4.89. The fourth-order valence-electron chi connectivity index (χ4n) is 3.15. The van der Waals surface area contributed by atoms with Gasteiger partial charge in [0.25, 0.3) is 5.91 Å². The topological polar surface area (TPSA) is 66.5 Å². The molecule has 0 spiro atoms. The molecule has 0 radical (unpaired) electrons. The van der Waals surface area contributed by atoms with Crippen molar-refractivity contribution in [2.45, 2.75) is 37.5 Å². The number of nitrogens with one attached hydrogen (secondary N) is 1. The second-order valence-corrected chi connectivity index (χ2v) is 9.13. The Labute approximate surface area is 165 Å². The second-order valence-electron chi connectivity index (χ2n) is 6.76. The number of hydrogen-bond acceptors (Lipinski definition) is 3. The summed E-state index contributed by atoms with van der Waals surface area (Å²) < 4.78 is 27.4. The van der Waals surface area contributed by atoms with Crippen LogP contribution in [0.2, 0.25) is 5.02 Å². The van der Waals surface area contributed by atoms with Crippen LogP contribution in [0.4, 0.5) is 5.69 Å². The first-order valence-electron chi connectivity index (χ1n) is 9.05. The molecular formula is C20H23ClN2O3S. The summed E-state index contributed by atoms with van der Waals surface area (Å²) in [6.07, 6.45) is 3.84. The molecule has 0 aromatic heterocycles. The number of benzene rings is 2. The number of hydrogen-bond donors (Lipinski definition) is 1. The van der Waals surface area contributed by atoms with Crippen LogP contribution in [0.1, 0.15) is 41.6 Å². The molecule has 1 amide bonds. The third-order valence-corrected chi connectivity index (χ3v) is 6.88. The summed E-state index contributed by atoms with van der Waals surface area (Å²) in [7, 11) is -3.60. The summed E-state index contributed by atoms with van der Waals surface area (Å²) in [4.78, 5) is 12.8. The highest BCUT2D eigenvalue weighted by molar-refractivity contribution is 7.89. The van der Waals surface area contributed by atoms with Crippen LogP contribution in [-0.2, 0) is 10.0 Å². The molecule has 1 heterocycles. The Hall–Kier alpha value is -1.89. The molecule has 1 aliphatic rings. The van der Waals surface area contributed by atoms with Gasteiger partial charge in [-0.1, -0.05) is 36.6 Å². The van der Waals surface area contributed by atoms with Crippen LogP contribution in [0.3, 0.4) is 0 Å². The van der Waals surface area contributed by atoms with Gasteiger partial charge in [-0.25, -0.2) is 8.42 Å². The molecule has 1 N–H and O–H groups in total. The third-order valence-electron chi connectivity index (χ3n) is 4.75. The van der Waals surface area contributed by atoms with Gasteiger partial charge in [-0.05, 0) is 55.7 Å². The van der Waals surface area contributed by atoms with E-state index in [1.165, 1.54) is 10.4 Å². The van der Waals surface area contributed by atoms with Gasteiger partial charge in [0, 0.05) is 29.4 Å². The Kier molecular flexibility index (Phi) is 6.19. The lowest BCUT2D eigenvalue weighted by Gasteiger charge is -2.20. The number of carbonyl (C=O) groups excluding carboxylic acids is 1. The van der Waals surface area contributed by atoms with Crippen LogP contribution in [0, 0.1) is 6.92 Å². The molecule has 1 saturated heterocycles. The molecule has 0 atom stereocenters. The minimum atomic E-state index is -3.60. The number of rotatable bonds is 4. The number of nitrogens with zero attached hydrogens (tertiary/aromatic N) is 1. The van der Waals surface area contributed by atoms with Gasteiger partial charge >= 0.3 is 0 Å². The molecule has 0 aliphatic carbocycles. The van der Waals surface area contributed by atoms with Crippen LogP contribution in [0.5, 0.6) is 0 Å². The highest BCUT2D eigenvalue weighted by Gasteiger charge is 2.25. The zero-order valence-electron chi connectivity index (χ0n) is 15.2. The van der Waals surface area contributed by atoms with Crippen LogP contribution in [0.25, 0.3) is 0 Å². The SMILES string of the molecule is Cc1ccc(Cl)cc1NC(=O)c1cccc(S(=O)(=O)N2CCCCCC2)c1. The Morgan fingerprint density at radius 3 is 2.44 bits per heavy atom. The van der Waals surface area contributed by atoms with Gasteiger partial charge in [0.1, 0.15) is 0 Å². The number of amides is 1. The van der Waals surface area contributed by atoms with Crippen LogP contribution >= 0.6 is 11.6 Å². The monoisotopic (exact) mass is 406 g/mol. The lowest BCUT2D eigenvalue weighted by Crippen LogP contribution is -2.32. The van der Waals surface area contributed by atoms with Crippen molar-refractivity contribution in [1.29, 1.82) is 0 Å². The van der Waals surface area contributed by atoms with Gasteiger partial charge < -0.3 is 5.32 Å². The normalized spacial score (nSPS) is 15.9. The minimum absolute atomic E-state index is 0.153. The van der Waals surface area contributed by atoms with Gasteiger partial charge in [-0.3, -0.25) is 4.79 Å². The molecule has 5 nitrogen and oxygen atoms in total. The summed E-state index contributed by atoms with van der Waals surface area (Å²) in [5.41, 5.74) is 1.78. The Morgan fingerprint density at radius 2 is 1.74 bits per heavy atom. The smallest absolute Gasteiger partial charge is 0.255 e. The van der Waals surface area contributed by atoms with E-state index in [0.29, 0.717) is 29.4 Å². The lowest BCUT2D eigenvalue weighted by molar-refractivity contribution is 0.102. The fraction of sp³-hybridized carbons (Fsp3) is 0.350. The molecule has 1 fully saturated rings. The summed E-state index contributed by atoms with van der Waals surface area (Å²) in [5.74, 6) is -0.367. The second kappa shape index (κ2) is 8.42. The van der Waals surface area contributed by atoms with E-state index in [2.05, 4.69) is 5.32 Å². The molecule has 0 unspecified atom stereocenters. The van der Waals surface area contributed by atoms with E-state index in [-0.39, 0.29) is 10.8 Å². The quantitative estimate of drug-likeness (QED) is 0.814. The molecular weight excluding hydrogens is 384 g/mol. The maximum absolute atomic E-state index is 12.9. The average molecular weight is 407 g/mol. The molecule has 0 saturated carbocycles. The van der Waals surface area contributed by atoms with E-state index in [1.807, 2.05) is 13.0 Å². The predicted octanol–water partition coefficient (Wildman–Crippen LogP) is 4.47. The zero-order chi connectivity index (χ0) is 19.4. The number of anilines is 1. The number of carbonyl (C=O) groups is 1. The number of sulfonamides is 1. The van der Waals surface area contributed by atoms with E-state index < -0.39 is 10.0 Å². The van der Waals surface area contributed by atoms with Crippen molar-refractivity contribution in [3.05, 3.63) is 58.6 Å². The first-order chi connectivity index (χ1) is 12.9. The summed E-state index contributed by atoms with van der Waals surface area (Å²) >= 11 is 5.99. The van der Waals surface area contributed by atoms with Crippen molar-refractivity contribution in [2.75, 3.05) is 18.4 Å². The van der Waals surface area contributed by atoms with Crippen molar-refractivity contribution in [2.24, 2.45) is 0 Å². The van der Waals surface area contributed by atoms with Gasteiger partial charge in [-0.15, -0.1) is 0 Å². The maximum Gasteiger partial charge on any atom is 0.255 e. The van der Waals surface area contributed by atoms with Gasteiger partial charge in [0.2, 0.25) is 10.0 Å². The van der Waals surface area contributed by atoms with E-state index in [4.69, 9.17) is 11.6 Å². The first-order valence-corrected chi connectivity index (χ1v) is 10.9.